The number of amides is 1. The van der Waals surface area contributed by atoms with Crippen LogP contribution in [0.5, 0.6) is 0 Å². The van der Waals surface area contributed by atoms with Crippen LogP contribution < -0.4 is 9.79 Å². The minimum Gasteiger partial charge on any atom is -0.790 e. The summed E-state index contributed by atoms with van der Waals surface area (Å²) in [6.45, 7) is 4.61. The zero-order valence-electron chi connectivity index (χ0n) is 20.9. The van der Waals surface area contributed by atoms with Crippen molar-refractivity contribution in [3.8, 4) is 0 Å². The molecule has 194 valence electrons. The van der Waals surface area contributed by atoms with Crippen molar-refractivity contribution in [2.45, 2.75) is 51.3 Å². The Labute approximate surface area is 254 Å². The quantitative estimate of drug-likeness (QED) is 0.343. The zero-order chi connectivity index (χ0) is 26.6. The van der Waals surface area contributed by atoms with Crippen molar-refractivity contribution in [2.75, 3.05) is 6.61 Å². The van der Waals surface area contributed by atoms with Crippen molar-refractivity contribution in [1.82, 2.24) is 14.7 Å². The van der Waals surface area contributed by atoms with Crippen LogP contribution in [0.25, 0.3) is 10.9 Å². The number of hydrogen-bond acceptors (Lipinski definition) is 7. The predicted octanol–water partition coefficient (Wildman–Crippen LogP) is 2.63. The average Bonchev–Trinajstić information content (AvgIpc) is 3.06. The number of aromatic nitrogens is 2. The van der Waals surface area contributed by atoms with Crippen LogP contribution in [0.4, 0.5) is 0 Å². The Balaban J connectivity index is 0.00000380. The van der Waals surface area contributed by atoms with Crippen LogP contribution in [0.1, 0.15) is 49.1 Å². The second kappa shape index (κ2) is 11.4. The Bertz CT molecular complexity index is 1390. The smallest absolute Gasteiger partial charge is 0.790 e. The first-order chi connectivity index (χ1) is 16.7. The summed E-state index contributed by atoms with van der Waals surface area (Å²) in [6.07, 6.45) is 0.0620. The summed E-state index contributed by atoms with van der Waals surface area (Å²) in [4.78, 5) is 37.9. The topological polar surface area (TPSA) is 131 Å². The molecule has 3 aromatic rings. The van der Waals surface area contributed by atoms with Gasteiger partial charge in [-0.25, -0.2) is 0 Å². The Kier molecular flexibility index (Phi) is 9.51. The average molecular weight is 594 g/mol. The van der Waals surface area contributed by atoms with Crippen LogP contribution in [0, 0.1) is 0 Å². The van der Waals surface area contributed by atoms with E-state index in [2.05, 4.69) is 9.62 Å². The van der Waals surface area contributed by atoms with E-state index in [0.29, 0.717) is 27.1 Å². The molecule has 0 bridgehead atoms. The van der Waals surface area contributed by atoms with E-state index >= 15 is 0 Å². The Morgan fingerprint density at radius 3 is 2.57 bits per heavy atom. The van der Waals surface area contributed by atoms with Gasteiger partial charge in [-0.3, -0.25) is 9.48 Å². The molecule has 4 rings (SSSR count). The van der Waals surface area contributed by atoms with Crippen molar-refractivity contribution in [3.05, 3.63) is 62.8 Å². The van der Waals surface area contributed by atoms with E-state index in [1.807, 2.05) is 13.0 Å². The van der Waals surface area contributed by atoms with Crippen LogP contribution in [-0.2, 0) is 39.4 Å². The number of halogens is 2. The van der Waals surface area contributed by atoms with Crippen LogP contribution in [-0.4, -0.2) is 76.1 Å². The molecule has 1 aliphatic heterocycles. The van der Waals surface area contributed by atoms with Crippen molar-refractivity contribution >= 4 is 85.6 Å². The minimum atomic E-state index is -5.29. The van der Waals surface area contributed by atoms with E-state index in [0.717, 1.165) is 11.1 Å². The second-order valence-electron chi connectivity index (χ2n) is 9.52. The molecule has 0 saturated carbocycles. The summed E-state index contributed by atoms with van der Waals surface area (Å²) < 4.78 is 17.5. The number of benzene rings is 2. The molecule has 1 amide bonds. The fraction of sp³-hybridized carbons (Fsp3) is 0.417. The summed E-state index contributed by atoms with van der Waals surface area (Å²) in [5.74, 6) is -0.351. The molecule has 1 aliphatic rings. The number of phosphoric ester groups is 1. The number of aliphatic hydroxyl groups is 1. The van der Waals surface area contributed by atoms with E-state index in [1.54, 1.807) is 49.8 Å². The van der Waals surface area contributed by atoms with Gasteiger partial charge >= 0.3 is 37.7 Å². The normalized spacial score (nSPS) is 18.0. The van der Waals surface area contributed by atoms with Gasteiger partial charge in [0.05, 0.1) is 44.1 Å². The van der Waals surface area contributed by atoms with Gasteiger partial charge in [0.2, 0.25) is 5.91 Å². The van der Waals surface area contributed by atoms with Crippen molar-refractivity contribution in [1.29, 1.82) is 0 Å². The number of nitrogens with zero attached hydrogens (tertiary/aromatic N) is 3. The van der Waals surface area contributed by atoms with Crippen molar-refractivity contribution in [2.24, 2.45) is 7.05 Å². The third kappa shape index (κ3) is 6.38. The van der Waals surface area contributed by atoms with Gasteiger partial charge < -0.3 is 28.9 Å². The second-order valence-corrected chi connectivity index (χ2v) is 11.4. The zero-order valence-corrected chi connectivity index (χ0v) is 25.5. The third-order valence-corrected chi connectivity index (χ3v) is 7.72. The first kappa shape index (κ1) is 30.8. The number of carbonyl (C=O) groups excluding carboxylic acids is 1. The maximum absolute atomic E-state index is 13.8. The van der Waals surface area contributed by atoms with Gasteiger partial charge in [0.1, 0.15) is 0 Å². The summed E-state index contributed by atoms with van der Waals surface area (Å²) in [7, 11) is -3.55. The summed E-state index contributed by atoms with van der Waals surface area (Å²) in [6, 6.07) is 7.61. The molecule has 37 heavy (non-hydrogen) atoms. The molecule has 0 radical (unpaired) electrons. The molecule has 0 saturated heterocycles. The Morgan fingerprint density at radius 2 is 1.95 bits per heavy atom. The predicted molar refractivity (Wildman–Crippen MR) is 138 cm³/mol. The van der Waals surface area contributed by atoms with Crippen molar-refractivity contribution < 1.29 is 28.8 Å². The molecule has 0 spiro atoms. The van der Waals surface area contributed by atoms with Gasteiger partial charge in [0, 0.05) is 17.5 Å². The molecule has 2 aromatic carbocycles. The van der Waals surface area contributed by atoms with Crippen LogP contribution in [0.2, 0.25) is 10.2 Å². The number of aryl methyl sites for hydroxylation is 1. The van der Waals surface area contributed by atoms with Gasteiger partial charge in [-0.1, -0.05) is 41.4 Å². The Hall–Kier alpha value is -0.710. The fourth-order valence-corrected chi connectivity index (χ4v) is 6.00. The van der Waals surface area contributed by atoms with Crippen LogP contribution in [0.3, 0.4) is 0 Å². The molecule has 0 aliphatic carbocycles. The number of carbonyl (C=O) groups is 1. The van der Waals surface area contributed by atoms with E-state index in [4.69, 9.17) is 23.2 Å². The van der Waals surface area contributed by atoms with E-state index in [9.17, 15) is 24.3 Å². The van der Waals surface area contributed by atoms with E-state index in [-0.39, 0.29) is 61.6 Å². The monoisotopic (exact) mass is 593 g/mol. The summed E-state index contributed by atoms with van der Waals surface area (Å²) >= 11 is 12.8. The number of fused-ring (bicyclic) bond motifs is 2. The van der Waals surface area contributed by atoms with Gasteiger partial charge in [-0.05, 0) is 61.6 Å². The minimum absolute atomic E-state index is 0. The van der Waals surface area contributed by atoms with Crippen LogP contribution in [0.15, 0.2) is 30.3 Å². The maximum atomic E-state index is 13.8. The Morgan fingerprint density at radius 1 is 1.27 bits per heavy atom. The number of hydrogen-bond donors (Lipinski definition) is 1. The number of phosphoric acid groups is 1. The standard InChI is InChI=1S/C24H28Cl2N3O6P.Ca/c1-13-15-6-5-7-18(24(2,3)31)16(15)10-14(12-35-36(32,33)34)29(13)21(30)11-17-19(25)8-9-20-22(17)23(26)27-28(20)4;/h5-9,13-14,31H,10-12H2,1-4H3,(H2,32,33,34);/q;+2/p-2/t13-,14+;/m0./s1. The molecular weight excluding hydrogens is 568 g/mol. The molecule has 1 aromatic heterocycles. The van der Waals surface area contributed by atoms with E-state index in [1.165, 1.54) is 4.90 Å². The number of rotatable bonds is 6. The summed E-state index contributed by atoms with van der Waals surface area (Å²) in [5, 5.41) is 16.0. The molecule has 0 unspecified atom stereocenters. The van der Waals surface area contributed by atoms with Gasteiger partial charge in [0.25, 0.3) is 0 Å². The molecular formula is C24H26CaCl2N3O6P. The van der Waals surface area contributed by atoms with E-state index < -0.39 is 32.1 Å². The summed E-state index contributed by atoms with van der Waals surface area (Å²) in [5.41, 5.74) is 2.30. The SMILES string of the molecule is C[C@H]1c2cccc(C(C)(C)O)c2C[C@H](COP(=O)([O-])[O-])N1C(=O)Cc1c(Cl)ccc2c1c(Cl)nn2C.[Ca+2]. The maximum Gasteiger partial charge on any atom is 2.00 e. The molecule has 2 atom stereocenters. The largest absolute Gasteiger partial charge is 2.00 e. The fourth-order valence-electron chi connectivity index (χ4n) is 5.09. The van der Waals surface area contributed by atoms with Crippen LogP contribution >= 0.6 is 31.0 Å². The molecule has 1 N–H and O–H groups in total. The first-order valence-electron chi connectivity index (χ1n) is 11.3. The van der Waals surface area contributed by atoms with Gasteiger partial charge in [-0.2, -0.15) is 5.10 Å². The molecule has 13 heteroatoms. The third-order valence-electron chi connectivity index (χ3n) is 6.64. The molecule has 0 fully saturated rings. The van der Waals surface area contributed by atoms with Gasteiger partial charge in [-0.15, -0.1) is 0 Å². The molecule has 2 heterocycles. The first-order valence-corrected chi connectivity index (χ1v) is 13.5. The van der Waals surface area contributed by atoms with Gasteiger partial charge in [0.15, 0.2) is 5.15 Å². The molecule has 9 nitrogen and oxygen atoms in total. The van der Waals surface area contributed by atoms with Crippen molar-refractivity contribution in [3.63, 3.8) is 0 Å².